The second-order valence-corrected chi connectivity index (χ2v) is 6.09. The average Bonchev–Trinajstić information content (AvgIpc) is 2.33. The summed E-state index contributed by atoms with van der Waals surface area (Å²) in [5, 5.41) is 10.6. The van der Waals surface area contributed by atoms with Crippen LogP contribution >= 0.6 is 15.9 Å². The average molecular weight is 313 g/mol. The maximum absolute atomic E-state index is 10.6. The maximum Gasteiger partial charge on any atom is 0.0820 e. The Labute approximate surface area is 120 Å². The number of aryl methyl sites for hydroxylation is 2. The summed E-state index contributed by atoms with van der Waals surface area (Å²) in [5.41, 5.74) is 3.47. The van der Waals surface area contributed by atoms with Gasteiger partial charge in [-0.25, -0.2) is 0 Å². The van der Waals surface area contributed by atoms with Crippen molar-refractivity contribution in [2.24, 2.45) is 5.92 Å². The lowest BCUT2D eigenvalue weighted by Gasteiger charge is -2.24. The third-order valence-corrected chi connectivity index (χ3v) is 4.49. The summed E-state index contributed by atoms with van der Waals surface area (Å²) < 4.78 is 1.12. The van der Waals surface area contributed by atoms with E-state index in [1.165, 1.54) is 11.1 Å². The Kier molecular flexibility index (Phi) is 6.37. The van der Waals surface area contributed by atoms with Crippen LogP contribution in [0, 0.1) is 19.8 Å². The van der Waals surface area contributed by atoms with E-state index in [0.717, 1.165) is 35.7 Å². The lowest BCUT2D eigenvalue weighted by molar-refractivity contribution is 0.0958. The molecule has 1 atom stereocenters. The fraction of sp³-hybridized carbons (Fsp3) is 0.625. The predicted molar refractivity (Wildman–Crippen MR) is 81.9 cm³/mol. The highest BCUT2D eigenvalue weighted by atomic mass is 79.9. The van der Waals surface area contributed by atoms with Crippen molar-refractivity contribution in [3.8, 4) is 0 Å². The van der Waals surface area contributed by atoms with E-state index < -0.39 is 0 Å². The minimum Gasteiger partial charge on any atom is -0.388 e. The molecule has 0 aliphatic rings. The molecule has 0 aliphatic carbocycles. The van der Waals surface area contributed by atoms with Crippen molar-refractivity contribution in [3.05, 3.63) is 33.3 Å². The van der Waals surface area contributed by atoms with E-state index in [4.69, 9.17) is 0 Å². The zero-order valence-corrected chi connectivity index (χ0v) is 13.5. The van der Waals surface area contributed by atoms with Crippen molar-refractivity contribution in [1.29, 1.82) is 0 Å². The van der Waals surface area contributed by atoms with E-state index in [0.29, 0.717) is 5.92 Å². The van der Waals surface area contributed by atoms with Gasteiger partial charge in [0.2, 0.25) is 0 Å². The van der Waals surface area contributed by atoms with Crippen LogP contribution in [0.1, 0.15) is 62.3 Å². The molecular weight excluding hydrogens is 288 g/mol. The van der Waals surface area contributed by atoms with Crippen molar-refractivity contribution in [2.75, 3.05) is 0 Å². The molecular formula is C16H25BrO. The molecule has 0 spiro atoms. The summed E-state index contributed by atoms with van der Waals surface area (Å²) in [7, 11) is 0. The van der Waals surface area contributed by atoms with Crippen LogP contribution in [-0.2, 0) is 0 Å². The van der Waals surface area contributed by atoms with Crippen molar-refractivity contribution in [3.63, 3.8) is 0 Å². The Morgan fingerprint density at radius 3 is 2.11 bits per heavy atom. The lowest BCUT2D eigenvalue weighted by atomic mass is 9.86. The highest BCUT2D eigenvalue weighted by Gasteiger charge is 2.21. The molecule has 0 saturated carbocycles. The number of hydrogen-bond donors (Lipinski definition) is 1. The third-order valence-electron chi connectivity index (χ3n) is 3.63. The number of halogens is 1. The number of aliphatic hydroxyl groups is 1. The van der Waals surface area contributed by atoms with Gasteiger partial charge in [0.1, 0.15) is 0 Å². The molecule has 1 unspecified atom stereocenters. The molecule has 0 saturated heterocycles. The minimum absolute atomic E-state index is 0.323. The van der Waals surface area contributed by atoms with E-state index in [1.807, 2.05) is 0 Å². The molecule has 2 heteroatoms. The molecule has 0 aliphatic heterocycles. The monoisotopic (exact) mass is 312 g/mol. The molecule has 0 heterocycles. The Bertz CT molecular complexity index is 381. The fourth-order valence-corrected chi connectivity index (χ4v) is 3.04. The third kappa shape index (κ3) is 3.83. The van der Waals surface area contributed by atoms with Crippen molar-refractivity contribution < 1.29 is 5.11 Å². The summed E-state index contributed by atoms with van der Waals surface area (Å²) in [5.74, 6) is 0.388. The largest absolute Gasteiger partial charge is 0.388 e. The smallest absolute Gasteiger partial charge is 0.0820 e. The maximum atomic E-state index is 10.6. The van der Waals surface area contributed by atoms with Crippen LogP contribution in [0.3, 0.4) is 0 Å². The van der Waals surface area contributed by atoms with Gasteiger partial charge >= 0.3 is 0 Å². The highest BCUT2D eigenvalue weighted by molar-refractivity contribution is 9.10. The Morgan fingerprint density at radius 2 is 1.61 bits per heavy atom. The molecule has 0 bridgehead atoms. The number of hydrogen-bond acceptors (Lipinski definition) is 1. The van der Waals surface area contributed by atoms with Crippen molar-refractivity contribution in [2.45, 2.75) is 59.5 Å². The first-order valence-electron chi connectivity index (χ1n) is 6.95. The normalized spacial score (nSPS) is 13.1. The van der Waals surface area contributed by atoms with Crippen LogP contribution < -0.4 is 0 Å². The molecule has 1 aromatic carbocycles. The first-order chi connectivity index (χ1) is 8.51. The molecule has 0 fully saturated rings. The van der Waals surface area contributed by atoms with E-state index in [1.54, 1.807) is 0 Å². The Balaban J connectivity index is 3.00. The fourth-order valence-electron chi connectivity index (χ4n) is 2.58. The number of aliphatic hydroxyl groups excluding tert-OH is 1. The molecule has 1 aromatic rings. The summed E-state index contributed by atoms with van der Waals surface area (Å²) in [6.45, 7) is 8.54. The van der Waals surface area contributed by atoms with Gasteiger partial charge in [-0.1, -0.05) is 48.7 Å². The van der Waals surface area contributed by atoms with Crippen LogP contribution in [0.15, 0.2) is 16.6 Å². The molecule has 18 heavy (non-hydrogen) atoms. The van der Waals surface area contributed by atoms with Crippen LogP contribution in [-0.4, -0.2) is 5.11 Å². The number of rotatable bonds is 6. The standard InChI is InChI=1S/C16H25BrO/c1-5-7-13(8-6-2)16(18)14-9-12(4)15(17)10-11(14)3/h9-10,13,16,18H,5-8H2,1-4H3. The summed E-state index contributed by atoms with van der Waals surface area (Å²) in [4.78, 5) is 0. The van der Waals surface area contributed by atoms with Crippen molar-refractivity contribution >= 4 is 15.9 Å². The van der Waals surface area contributed by atoms with Gasteiger partial charge in [0.25, 0.3) is 0 Å². The van der Waals surface area contributed by atoms with Crippen molar-refractivity contribution in [1.82, 2.24) is 0 Å². The molecule has 1 N–H and O–H groups in total. The molecule has 102 valence electrons. The molecule has 0 amide bonds. The molecule has 0 radical (unpaired) electrons. The van der Waals surface area contributed by atoms with Crippen LogP contribution in [0.4, 0.5) is 0 Å². The second kappa shape index (κ2) is 7.30. The zero-order valence-electron chi connectivity index (χ0n) is 12.0. The van der Waals surface area contributed by atoms with E-state index in [2.05, 4.69) is 55.8 Å². The van der Waals surface area contributed by atoms with Crippen LogP contribution in [0.2, 0.25) is 0 Å². The first kappa shape index (κ1) is 15.7. The van der Waals surface area contributed by atoms with E-state index >= 15 is 0 Å². The number of benzene rings is 1. The summed E-state index contributed by atoms with van der Waals surface area (Å²) in [6.07, 6.45) is 4.15. The van der Waals surface area contributed by atoms with E-state index in [9.17, 15) is 5.11 Å². The van der Waals surface area contributed by atoms with Gasteiger partial charge in [-0.2, -0.15) is 0 Å². The molecule has 1 nitrogen and oxygen atoms in total. The van der Waals surface area contributed by atoms with Crippen LogP contribution in [0.5, 0.6) is 0 Å². The van der Waals surface area contributed by atoms with Gasteiger partial charge in [-0.3, -0.25) is 0 Å². The second-order valence-electron chi connectivity index (χ2n) is 5.24. The first-order valence-corrected chi connectivity index (χ1v) is 7.75. The van der Waals surface area contributed by atoms with E-state index in [-0.39, 0.29) is 6.10 Å². The van der Waals surface area contributed by atoms with Gasteiger partial charge in [-0.05, 0) is 55.4 Å². The Morgan fingerprint density at radius 1 is 1.06 bits per heavy atom. The predicted octanol–water partition coefficient (Wildman–Crippen LogP) is 5.32. The highest BCUT2D eigenvalue weighted by Crippen LogP contribution is 2.33. The minimum atomic E-state index is -0.323. The van der Waals surface area contributed by atoms with Gasteiger partial charge in [0.15, 0.2) is 0 Å². The lowest BCUT2D eigenvalue weighted by Crippen LogP contribution is -2.14. The topological polar surface area (TPSA) is 20.2 Å². The van der Waals surface area contributed by atoms with Gasteiger partial charge in [0, 0.05) is 4.47 Å². The Hall–Kier alpha value is -0.340. The molecule has 1 rings (SSSR count). The van der Waals surface area contributed by atoms with Gasteiger partial charge < -0.3 is 5.11 Å². The quantitative estimate of drug-likeness (QED) is 0.754. The zero-order chi connectivity index (χ0) is 13.7. The summed E-state index contributed by atoms with van der Waals surface area (Å²) in [6, 6.07) is 4.24. The van der Waals surface area contributed by atoms with Crippen LogP contribution in [0.25, 0.3) is 0 Å². The van der Waals surface area contributed by atoms with Gasteiger partial charge in [0.05, 0.1) is 6.10 Å². The molecule has 0 aromatic heterocycles. The van der Waals surface area contributed by atoms with Gasteiger partial charge in [-0.15, -0.1) is 0 Å². The summed E-state index contributed by atoms with van der Waals surface area (Å²) >= 11 is 3.55. The SMILES string of the molecule is CCCC(CCC)C(O)c1cc(C)c(Br)cc1C.